The Morgan fingerprint density at radius 3 is 2.38 bits per heavy atom. The Bertz CT molecular complexity index is 644. The maximum Gasteiger partial charge on any atom is 0.330 e. The molecule has 0 saturated heterocycles. The Morgan fingerprint density at radius 2 is 1.86 bits per heavy atom. The van der Waals surface area contributed by atoms with E-state index >= 15 is 0 Å². The molecule has 0 heterocycles. The number of methoxy groups -OCH3 is 1. The van der Waals surface area contributed by atoms with E-state index in [-0.39, 0.29) is 11.3 Å². The molecule has 6 heteroatoms. The van der Waals surface area contributed by atoms with Crippen molar-refractivity contribution in [2.45, 2.75) is 6.04 Å². The highest BCUT2D eigenvalue weighted by atomic mass is 19.1. The van der Waals surface area contributed by atoms with Gasteiger partial charge in [0.2, 0.25) is 0 Å². The van der Waals surface area contributed by atoms with Crippen LogP contribution in [0.4, 0.5) is 14.5 Å². The number of ether oxygens (including phenoxy) is 1. The number of hydrogen-bond acceptors (Lipinski definition) is 3. The van der Waals surface area contributed by atoms with Crippen LogP contribution in [0.1, 0.15) is 11.6 Å². The molecule has 1 unspecified atom stereocenters. The lowest BCUT2D eigenvalue weighted by Gasteiger charge is -2.17. The molecule has 1 atom stereocenters. The van der Waals surface area contributed by atoms with E-state index in [0.29, 0.717) is 5.69 Å². The molecule has 0 radical (unpaired) electrons. The highest BCUT2D eigenvalue weighted by molar-refractivity contribution is 5.79. The predicted molar refractivity (Wildman–Crippen MR) is 73.4 cm³/mol. The Labute approximate surface area is 120 Å². The summed E-state index contributed by atoms with van der Waals surface area (Å²) in [5.41, 5.74) is 0.644. The van der Waals surface area contributed by atoms with E-state index in [4.69, 9.17) is 4.74 Å². The van der Waals surface area contributed by atoms with Crippen molar-refractivity contribution in [3.8, 4) is 5.75 Å². The van der Waals surface area contributed by atoms with E-state index in [1.54, 1.807) is 0 Å². The van der Waals surface area contributed by atoms with Gasteiger partial charge in [0.1, 0.15) is 5.82 Å². The molecule has 2 aromatic carbocycles. The van der Waals surface area contributed by atoms with Crippen molar-refractivity contribution >= 4 is 11.7 Å². The fraction of sp³-hybridized carbons (Fsp3) is 0.133. The van der Waals surface area contributed by atoms with Gasteiger partial charge in [-0.3, -0.25) is 0 Å². The molecule has 0 fully saturated rings. The monoisotopic (exact) mass is 293 g/mol. The van der Waals surface area contributed by atoms with Gasteiger partial charge in [0.15, 0.2) is 17.6 Å². The van der Waals surface area contributed by atoms with Gasteiger partial charge in [-0.1, -0.05) is 6.07 Å². The van der Waals surface area contributed by atoms with Gasteiger partial charge in [0, 0.05) is 5.69 Å². The largest absolute Gasteiger partial charge is 0.494 e. The normalized spacial score (nSPS) is 11.8. The Kier molecular flexibility index (Phi) is 4.37. The van der Waals surface area contributed by atoms with Crippen molar-refractivity contribution < 1.29 is 23.4 Å². The third kappa shape index (κ3) is 3.47. The molecule has 0 aliphatic heterocycles. The lowest BCUT2D eigenvalue weighted by Crippen LogP contribution is -2.20. The molecule has 0 saturated carbocycles. The summed E-state index contributed by atoms with van der Waals surface area (Å²) >= 11 is 0. The molecule has 0 aliphatic rings. The number of halogens is 2. The molecular formula is C15H13F2NO3. The molecule has 4 nitrogen and oxygen atoms in total. The molecule has 2 rings (SSSR count). The molecule has 110 valence electrons. The molecule has 0 aliphatic carbocycles. The third-order valence-electron chi connectivity index (χ3n) is 2.91. The first-order chi connectivity index (χ1) is 10.0. The third-order valence-corrected chi connectivity index (χ3v) is 2.91. The summed E-state index contributed by atoms with van der Waals surface area (Å²) in [6.45, 7) is 0. The van der Waals surface area contributed by atoms with Gasteiger partial charge in [0.05, 0.1) is 7.11 Å². The van der Waals surface area contributed by atoms with Crippen LogP contribution in [-0.2, 0) is 4.79 Å². The van der Waals surface area contributed by atoms with Crippen LogP contribution in [-0.4, -0.2) is 18.2 Å². The molecule has 2 N–H and O–H groups in total. The number of nitrogens with one attached hydrogen (secondary N) is 1. The lowest BCUT2D eigenvalue weighted by atomic mass is 10.1. The van der Waals surface area contributed by atoms with E-state index in [1.807, 2.05) is 0 Å². The molecule has 0 bridgehead atoms. The smallest absolute Gasteiger partial charge is 0.330 e. The fourth-order valence-electron chi connectivity index (χ4n) is 1.86. The second-order valence-corrected chi connectivity index (χ2v) is 4.32. The average molecular weight is 293 g/mol. The topological polar surface area (TPSA) is 58.6 Å². The first kappa shape index (κ1) is 14.8. The van der Waals surface area contributed by atoms with E-state index < -0.39 is 23.6 Å². The van der Waals surface area contributed by atoms with Crippen molar-refractivity contribution in [2.75, 3.05) is 12.4 Å². The van der Waals surface area contributed by atoms with Gasteiger partial charge in [-0.05, 0) is 42.0 Å². The van der Waals surface area contributed by atoms with Gasteiger partial charge >= 0.3 is 5.97 Å². The van der Waals surface area contributed by atoms with Crippen molar-refractivity contribution in [3.63, 3.8) is 0 Å². The standard InChI is InChI=1S/C15H13F2NO3/c1-21-13-7-2-9(8-12(13)17)14(15(19)20)18-11-5-3-10(16)4-6-11/h2-8,14,18H,1H3,(H,19,20). The summed E-state index contributed by atoms with van der Waals surface area (Å²) in [4.78, 5) is 11.3. The molecule has 0 spiro atoms. The van der Waals surface area contributed by atoms with Crippen LogP contribution in [0.5, 0.6) is 5.75 Å². The summed E-state index contributed by atoms with van der Waals surface area (Å²) < 4.78 is 31.3. The summed E-state index contributed by atoms with van der Waals surface area (Å²) in [6.07, 6.45) is 0. The van der Waals surface area contributed by atoms with Crippen molar-refractivity contribution in [2.24, 2.45) is 0 Å². The minimum atomic E-state index is -1.18. The summed E-state index contributed by atoms with van der Waals surface area (Å²) in [7, 11) is 1.32. The number of anilines is 1. The number of carboxylic acid groups (broad SMARTS) is 1. The first-order valence-electron chi connectivity index (χ1n) is 6.09. The summed E-state index contributed by atoms with van der Waals surface area (Å²) in [5, 5.41) is 12.0. The Hall–Kier alpha value is -2.63. The minimum Gasteiger partial charge on any atom is -0.494 e. The van der Waals surface area contributed by atoms with E-state index in [0.717, 1.165) is 6.07 Å². The van der Waals surface area contributed by atoms with E-state index in [9.17, 15) is 18.7 Å². The molecule has 0 aromatic heterocycles. The maximum absolute atomic E-state index is 13.7. The highest BCUT2D eigenvalue weighted by Gasteiger charge is 2.21. The lowest BCUT2D eigenvalue weighted by molar-refractivity contribution is -0.138. The average Bonchev–Trinajstić information content (AvgIpc) is 2.46. The van der Waals surface area contributed by atoms with Crippen LogP contribution in [0, 0.1) is 11.6 Å². The Balaban J connectivity index is 2.28. The highest BCUT2D eigenvalue weighted by Crippen LogP contribution is 2.25. The quantitative estimate of drug-likeness (QED) is 0.888. The van der Waals surface area contributed by atoms with Crippen molar-refractivity contribution in [1.29, 1.82) is 0 Å². The Morgan fingerprint density at radius 1 is 1.19 bits per heavy atom. The summed E-state index contributed by atoms with van der Waals surface area (Å²) in [5.74, 6) is -2.22. The first-order valence-corrected chi connectivity index (χ1v) is 6.09. The van der Waals surface area contributed by atoms with Crippen molar-refractivity contribution in [3.05, 3.63) is 59.7 Å². The van der Waals surface area contributed by atoms with Crippen LogP contribution in [0.3, 0.4) is 0 Å². The van der Waals surface area contributed by atoms with Crippen LogP contribution < -0.4 is 10.1 Å². The number of carboxylic acids is 1. The SMILES string of the molecule is COc1ccc(C(Nc2ccc(F)cc2)C(=O)O)cc1F. The van der Waals surface area contributed by atoms with Gasteiger partial charge in [-0.2, -0.15) is 0 Å². The van der Waals surface area contributed by atoms with Crippen LogP contribution in [0.2, 0.25) is 0 Å². The van der Waals surface area contributed by atoms with Gasteiger partial charge in [-0.15, -0.1) is 0 Å². The molecular weight excluding hydrogens is 280 g/mol. The number of aliphatic carboxylic acids is 1. The maximum atomic E-state index is 13.7. The number of rotatable bonds is 5. The second kappa shape index (κ2) is 6.21. The van der Waals surface area contributed by atoms with Gasteiger partial charge < -0.3 is 15.2 Å². The van der Waals surface area contributed by atoms with Crippen molar-refractivity contribution in [1.82, 2.24) is 0 Å². The molecule has 0 amide bonds. The molecule has 2 aromatic rings. The zero-order chi connectivity index (χ0) is 15.4. The van der Waals surface area contributed by atoms with E-state index in [2.05, 4.69) is 5.32 Å². The number of carbonyl (C=O) groups is 1. The zero-order valence-corrected chi connectivity index (χ0v) is 11.1. The van der Waals surface area contributed by atoms with Crippen LogP contribution in [0.15, 0.2) is 42.5 Å². The van der Waals surface area contributed by atoms with Crippen LogP contribution in [0.25, 0.3) is 0 Å². The van der Waals surface area contributed by atoms with Gasteiger partial charge in [-0.25, -0.2) is 13.6 Å². The number of benzene rings is 2. The molecule has 21 heavy (non-hydrogen) atoms. The van der Waals surface area contributed by atoms with Crippen LogP contribution >= 0.6 is 0 Å². The summed E-state index contributed by atoms with van der Waals surface area (Å²) in [6, 6.07) is 7.97. The predicted octanol–water partition coefficient (Wildman–Crippen LogP) is 3.21. The number of hydrogen-bond donors (Lipinski definition) is 2. The van der Waals surface area contributed by atoms with E-state index in [1.165, 1.54) is 43.5 Å². The van der Waals surface area contributed by atoms with Gasteiger partial charge in [0.25, 0.3) is 0 Å². The zero-order valence-electron chi connectivity index (χ0n) is 11.1. The second-order valence-electron chi connectivity index (χ2n) is 4.32. The minimum absolute atomic E-state index is 0.0321. The fourth-order valence-corrected chi connectivity index (χ4v) is 1.86.